The van der Waals surface area contributed by atoms with Gasteiger partial charge in [-0.25, -0.2) is 0 Å². The predicted octanol–water partition coefficient (Wildman–Crippen LogP) is 1.06. The first-order valence-electron chi connectivity index (χ1n) is 2.43. The molecule has 0 rings (SSSR count). The van der Waals surface area contributed by atoms with Gasteiger partial charge < -0.3 is 5.73 Å². The van der Waals surface area contributed by atoms with E-state index < -0.39 is 0 Å². The van der Waals surface area contributed by atoms with E-state index in [1.165, 1.54) is 6.20 Å². The fourth-order valence-corrected chi connectivity index (χ4v) is 0.235. The van der Waals surface area contributed by atoms with Gasteiger partial charge in [0.2, 0.25) is 0 Å². The zero-order valence-electron chi connectivity index (χ0n) is 4.91. The highest BCUT2D eigenvalue weighted by atomic mass is 14.7. The van der Waals surface area contributed by atoms with Crippen LogP contribution in [0.3, 0.4) is 0 Å². The van der Waals surface area contributed by atoms with E-state index in [1.54, 1.807) is 18.5 Å². The summed E-state index contributed by atoms with van der Waals surface area (Å²) in [5, 5.41) is 0. The van der Waals surface area contributed by atoms with Gasteiger partial charge in [-0.15, -0.1) is 0 Å². The Morgan fingerprint density at radius 2 is 2.25 bits per heavy atom. The van der Waals surface area contributed by atoms with Gasteiger partial charge in [0.05, 0.1) is 0 Å². The third-order valence-corrected chi connectivity index (χ3v) is 0.518. The quantitative estimate of drug-likeness (QED) is 0.530. The second kappa shape index (κ2) is 5.95. The molecule has 0 heterocycles. The van der Waals surface area contributed by atoms with Crippen molar-refractivity contribution in [1.82, 2.24) is 0 Å². The molecule has 0 aromatic heterocycles. The van der Waals surface area contributed by atoms with Gasteiger partial charge in [-0.05, 0) is 19.2 Å². The van der Waals surface area contributed by atoms with E-state index in [-0.39, 0.29) is 0 Å². The van der Waals surface area contributed by atoms with Crippen LogP contribution in [0.4, 0.5) is 0 Å². The summed E-state index contributed by atoms with van der Waals surface area (Å²) in [6.45, 7) is 1.91. The Labute approximate surface area is 49.4 Å². The minimum atomic E-state index is 1.44. The second-order valence-corrected chi connectivity index (χ2v) is 1.17. The molecule has 0 amide bonds. The molecule has 0 saturated heterocycles. The molecule has 8 heavy (non-hydrogen) atoms. The summed E-state index contributed by atoms with van der Waals surface area (Å²) in [5.74, 6) is 0. The Bertz CT molecular complexity index is 97.7. The van der Waals surface area contributed by atoms with Crippen molar-refractivity contribution < 1.29 is 0 Å². The molecule has 0 unspecified atom stereocenters. The van der Waals surface area contributed by atoms with Crippen LogP contribution < -0.4 is 5.73 Å². The van der Waals surface area contributed by atoms with Crippen molar-refractivity contribution in [1.29, 1.82) is 0 Å². The van der Waals surface area contributed by atoms with Crippen LogP contribution in [-0.4, -0.2) is 6.21 Å². The molecule has 0 saturated carbocycles. The summed E-state index contributed by atoms with van der Waals surface area (Å²) < 4.78 is 0. The minimum Gasteiger partial charge on any atom is -0.405 e. The third kappa shape index (κ3) is 4.95. The maximum Gasteiger partial charge on any atom is 0.0281 e. The Kier molecular flexibility index (Phi) is 5.17. The van der Waals surface area contributed by atoms with Gasteiger partial charge in [-0.3, -0.25) is 4.99 Å². The highest BCUT2D eigenvalue weighted by Crippen LogP contribution is 1.69. The lowest BCUT2D eigenvalue weighted by Crippen LogP contribution is -1.74. The zero-order valence-corrected chi connectivity index (χ0v) is 4.91. The van der Waals surface area contributed by atoms with E-state index in [9.17, 15) is 0 Å². The van der Waals surface area contributed by atoms with E-state index in [1.807, 2.05) is 13.0 Å². The lowest BCUT2D eigenvalue weighted by atomic mass is 10.6. The number of rotatable bonds is 2. The minimum absolute atomic E-state index is 1.44. The maximum absolute atomic E-state index is 5.01. The number of hydrogen-bond donors (Lipinski definition) is 1. The Balaban J connectivity index is 3.35. The molecule has 0 radical (unpaired) electrons. The topological polar surface area (TPSA) is 38.4 Å². The summed E-state index contributed by atoms with van der Waals surface area (Å²) >= 11 is 0. The normalized spacial score (nSPS) is 12.6. The first-order chi connectivity index (χ1) is 3.91. The van der Waals surface area contributed by atoms with Crippen LogP contribution in [0.1, 0.15) is 6.92 Å². The monoisotopic (exact) mass is 110 g/mol. The van der Waals surface area contributed by atoms with Gasteiger partial charge >= 0.3 is 0 Å². The van der Waals surface area contributed by atoms with Crippen LogP contribution in [0.25, 0.3) is 0 Å². The number of hydrogen-bond acceptors (Lipinski definition) is 2. The van der Waals surface area contributed by atoms with Crippen LogP contribution in [0.2, 0.25) is 0 Å². The van der Waals surface area contributed by atoms with Crippen molar-refractivity contribution in [2.45, 2.75) is 6.92 Å². The molecule has 0 aliphatic carbocycles. The molecular formula is C6H10N2. The van der Waals surface area contributed by atoms with Crippen LogP contribution in [0.5, 0.6) is 0 Å². The first kappa shape index (κ1) is 6.95. The van der Waals surface area contributed by atoms with Crippen molar-refractivity contribution in [2.24, 2.45) is 10.7 Å². The molecule has 0 aliphatic heterocycles. The Morgan fingerprint density at radius 1 is 1.50 bits per heavy atom. The predicted molar refractivity (Wildman–Crippen MR) is 36.6 cm³/mol. The summed E-state index contributed by atoms with van der Waals surface area (Å²) in [7, 11) is 0. The van der Waals surface area contributed by atoms with Crippen LogP contribution in [0.15, 0.2) is 29.5 Å². The standard InChI is InChI=1S/C6H10N2/c1-2-5-8-6-3-4-7/h2-6H,7H2,1H3/b4-3-,5-2-,8-6-. The SMILES string of the molecule is C\C=C/N=C\C=C/N. The largest absolute Gasteiger partial charge is 0.405 e. The molecule has 2 heteroatoms. The lowest BCUT2D eigenvalue weighted by Gasteiger charge is -1.69. The van der Waals surface area contributed by atoms with E-state index in [4.69, 9.17) is 5.73 Å². The van der Waals surface area contributed by atoms with E-state index >= 15 is 0 Å². The molecule has 0 bridgehead atoms. The molecule has 2 nitrogen and oxygen atoms in total. The summed E-state index contributed by atoms with van der Waals surface area (Å²) in [6.07, 6.45) is 8.27. The van der Waals surface area contributed by atoms with Crippen LogP contribution >= 0.6 is 0 Å². The number of nitrogens with two attached hydrogens (primary N) is 1. The summed E-state index contributed by atoms with van der Waals surface area (Å²) in [4.78, 5) is 3.81. The van der Waals surface area contributed by atoms with Crippen molar-refractivity contribution in [2.75, 3.05) is 0 Å². The summed E-state index contributed by atoms with van der Waals surface area (Å²) in [6, 6.07) is 0. The van der Waals surface area contributed by atoms with E-state index in [0.29, 0.717) is 0 Å². The number of aliphatic imine (C=N–C) groups is 1. The van der Waals surface area contributed by atoms with Gasteiger partial charge in [0.15, 0.2) is 0 Å². The van der Waals surface area contributed by atoms with E-state index in [2.05, 4.69) is 4.99 Å². The average molecular weight is 110 g/mol. The number of nitrogens with zero attached hydrogens (tertiary/aromatic N) is 1. The Morgan fingerprint density at radius 3 is 2.75 bits per heavy atom. The molecule has 0 aliphatic rings. The molecule has 0 fully saturated rings. The lowest BCUT2D eigenvalue weighted by molar-refractivity contribution is 1.54. The third-order valence-electron chi connectivity index (χ3n) is 0.518. The van der Waals surface area contributed by atoms with Gasteiger partial charge in [0, 0.05) is 12.4 Å². The molecule has 44 valence electrons. The fourth-order valence-electron chi connectivity index (χ4n) is 0.235. The van der Waals surface area contributed by atoms with E-state index in [0.717, 1.165) is 0 Å². The van der Waals surface area contributed by atoms with Crippen molar-refractivity contribution >= 4 is 6.21 Å². The van der Waals surface area contributed by atoms with Gasteiger partial charge in [-0.2, -0.15) is 0 Å². The molecular weight excluding hydrogens is 100 g/mol. The smallest absolute Gasteiger partial charge is 0.0281 e. The average Bonchev–Trinajstić information content (AvgIpc) is 1.81. The van der Waals surface area contributed by atoms with Crippen LogP contribution in [0, 0.1) is 0 Å². The molecule has 0 atom stereocenters. The highest BCUT2D eigenvalue weighted by molar-refractivity contribution is 5.71. The second-order valence-electron chi connectivity index (χ2n) is 1.17. The number of allylic oxidation sites excluding steroid dienone is 2. The zero-order chi connectivity index (χ0) is 6.24. The molecule has 0 spiro atoms. The molecule has 0 aromatic carbocycles. The molecule has 2 N–H and O–H groups in total. The summed E-state index contributed by atoms with van der Waals surface area (Å²) in [5.41, 5.74) is 5.01. The molecule has 0 aromatic rings. The van der Waals surface area contributed by atoms with Crippen molar-refractivity contribution in [3.8, 4) is 0 Å². The van der Waals surface area contributed by atoms with Gasteiger partial charge in [-0.1, -0.05) is 6.08 Å². The fraction of sp³-hybridized carbons (Fsp3) is 0.167. The van der Waals surface area contributed by atoms with Gasteiger partial charge in [0.25, 0.3) is 0 Å². The van der Waals surface area contributed by atoms with Crippen molar-refractivity contribution in [3.63, 3.8) is 0 Å². The van der Waals surface area contributed by atoms with Gasteiger partial charge in [0.1, 0.15) is 0 Å². The highest BCUT2D eigenvalue weighted by Gasteiger charge is 1.55. The first-order valence-corrected chi connectivity index (χ1v) is 2.43. The Hall–Kier alpha value is -1.05. The maximum atomic E-state index is 5.01. The van der Waals surface area contributed by atoms with Crippen LogP contribution in [-0.2, 0) is 0 Å². The van der Waals surface area contributed by atoms with Crippen molar-refractivity contribution in [3.05, 3.63) is 24.6 Å².